The maximum Gasteiger partial charge on any atom is 0.305 e. The Hall–Kier alpha value is -2.06. The molecule has 1 saturated heterocycles. The lowest BCUT2D eigenvalue weighted by Gasteiger charge is -2.13. The zero-order chi connectivity index (χ0) is 18.4. The first-order valence-corrected chi connectivity index (χ1v) is 8.96. The molecule has 8 heteroatoms. The Labute approximate surface area is 155 Å². The third-order valence-corrected chi connectivity index (χ3v) is 4.82. The largest absolute Gasteiger partial charge is 0.504 e. The molecule has 0 bridgehead atoms. The van der Waals surface area contributed by atoms with E-state index in [9.17, 15) is 14.7 Å². The minimum Gasteiger partial charge on any atom is -0.504 e. The lowest BCUT2D eigenvalue weighted by atomic mass is 10.2. The van der Waals surface area contributed by atoms with Crippen LogP contribution in [0, 0.1) is 0 Å². The van der Waals surface area contributed by atoms with Crippen molar-refractivity contribution in [3.05, 3.63) is 28.7 Å². The van der Waals surface area contributed by atoms with Gasteiger partial charge in [-0.3, -0.25) is 14.5 Å². The first-order chi connectivity index (χ1) is 12.0. The van der Waals surface area contributed by atoms with E-state index in [4.69, 9.17) is 17.0 Å². The van der Waals surface area contributed by atoms with Crippen LogP contribution in [0.2, 0.25) is 0 Å². The fourth-order valence-corrected chi connectivity index (χ4v) is 3.53. The molecule has 2 rings (SSSR count). The SMILES string of the molecule is CCOc1cc(/C=C2\SC(=S)N(CCCC(=O)OC)C2=O)ccc1O. The van der Waals surface area contributed by atoms with E-state index in [0.29, 0.717) is 34.5 Å². The topological polar surface area (TPSA) is 76.1 Å². The molecule has 134 valence electrons. The maximum absolute atomic E-state index is 12.5. The molecule has 0 aliphatic carbocycles. The van der Waals surface area contributed by atoms with E-state index in [0.717, 1.165) is 5.56 Å². The van der Waals surface area contributed by atoms with E-state index in [1.165, 1.54) is 29.8 Å². The number of nitrogens with zero attached hydrogens (tertiary/aromatic N) is 1. The van der Waals surface area contributed by atoms with Crippen LogP contribution in [0.5, 0.6) is 11.5 Å². The van der Waals surface area contributed by atoms with Crippen molar-refractivity contribution in [3.8, 4) is 11.5 Å². The summed E-state index contributed by atoms with van der Waals surface area (Å²) in [5.41, 5.74) is 0.733. The van der Waals surface area contributed by atoms with Gasteiger partial charge in [-0.15, -0.1) is 0 Å². The third-order valence-electron chi connectivity index (χ3n) is 3.45. The number of methoxy groups -OCH3 is 1. The average molecular weight is 381 g/mol. The predicted molar refractivity (Wildman–Crippen MR) is 100 cm³/mol. The van der Waals surface area contributed by atoms with Gasteiger partial charge < -0.3 is 14.6 Å². The van der Waals surface area contributed by atoms with Crippen molar-refractivity contribution in [2.45, 2.75) is 19.8 Å². The highest BCUT2D eigenvalue weighted by Gasteiger charge is 2.31. The van der Waals surface area contributed by atoms with Crippen LogP contribution in [0.15, 0.2) is 23.1 Å². The number of phenols is 1. The standard InChI is InChI=1S/C17H19NO5S2/c1-3-23-13-9-11(6-7-12(13)19)10-14-16(21)18(17(24)25-14)8-4-5-15(20)22-2/h6-7,9-10,19H,3-5,8H2,1-2H3/b14-10-. The summed E-state index contributed by atoms with van der Waals surface area (Å²) >= 11 is 6.47. The molecule has 0 spiro atoms. The van der Waals surface area contributed by atoms with Crippen LogP contribution < -0.4 is 4.74 Å². The van der Waals surface area contributed by atoms with Crippen molar-refractivity contribution in [1.82, 2.24) is 4.90 Å². The lowest BCUT2D eigenvalue weighted by molar-refractivity contribution is -0.141. The molecule has 1 heterocycles. The summed E-state index contributed by atoms with van der Waals surface area (Å²) in [6.07, 6.45) is 2.43. The normalized spacial score (nSPS) is 15.8. The van der Waals surface area contributed by atoms with Crippen LogP contribution in [0.1, 0.15) is 25.3 Å². The summed E-state index contributed by atoms with van der Waals surface area (Å²) in [6.45, 7) is 2.63. The second-order valence-electron chi connectivity index (χ2n) is 5.17. The fourth-order valence-electron chi connectivity index (χ4n) is 2.22. The highest BCUT2D eigenvalue weighted by molar-refractivity contribution is 8.26. The van der Waals surface area contributed by atoms with E-state index >= 15 is 0 Å². The van der Waals surface area contributed by atoms with Gasteiger partial charge in [-0.2, -0.15) is 0 Å². The van der Waals surface area contributed by atoms with E-state index in [2.05, 4.69) is 4.74 Å². The van der Waals surface area contributed by atoms with Crippen molar-refractivity contribution in [1.29, 1.82) is 0 Å². The average Bonchev–Trinajstić information content (AvgIpc) is 2.85. The highest BCUT2D eigenvalue weighted by atomic mass is 32.2. The number of thiocarbonyl (C=S) groups is 1. The molecular weight excluding hydrogens is 362 g/mol. The van der Waals surface area contributed by atoms with Gasteiger partial charge in [0.1, 0.15) is 4.32 Å². The number of aromatic hydroxyl groups is 1. The van der Waals surface area contributed by atoms with E-state index in [1.807, 2.05) is 6.92 Å². The number of phenolic OH excluding ortho intramolecular Hbond substituents is 1. The van der Waals surface area contributed by atoms with Crippen LogP contribution in [-0.2, 0) is 14.3 Å². The number of thioether (sulfide) groups is 1. The monoisotopic (exact) mass is 381 g/mol. The second-order valence-corrected chi connectivity index (χ2v) is 6.85. The maximum atomic E-state index is 12.5. The number of hydrogen-bond donors (Lipinski definition) is 1. The van der Waals surface area contributed by atoms with Crippen molar-refractivity contribution >= 4 is 46.3 Å². The molecule has 0 radical (unpaired) electrons. The Balaban J connectivity index is 2.09. The molecule has 1 fully saturated rings. The second kappa shape index (κ2) is 8.87. The minimum atomic E-state index is -0.312. The number of benzene rings is 1. The predicted octanol–water partition coefficient (Wildman–Crippen LogP) is 2.95. The summed E-state index contributed by atoms with van der Waals surface area (Å²) < 4.78 is 10.4. The number of amides is 1. The molecule has 6 nitrogen and oxygen atoms in total. The van der Waals surface area contributed by atoms with Gasteiger partial charge in [0.25, 0.3) is 5.91 Å². The first-order valence-electron chi connectivity index (χ1n) is 7.74. The van der Waals surface area contributed by atoms with E-state index in [-0.39, 0.29) is 24.0 Å². The smallest absolute Gasteiger partial charge is 0.305 e. The van der Waals surface area contributed by atoms with Crippen molar-refractivity contribution in [2.75, 3.05) is 20.3 Å². The number of rotatable bonds is 7. The Kier molecular flexibility index (Phi) is 6.83. The minimum absolute atomic E-state index is 0.0503. The summed E-state index contributed by atoms with van der Waals surface area (Å²) in [6, 6.07) is 4.89. The molecule has 0 atom stereocenters. The van der Waals surface area contributed by atoms with Gasteiger partial charge in [0.05, 0.1) is 18.6 Å². The van der Waals surface area contributed by atoms with Crippen molar-refractivity contribution in [2.24, 2.45) is 0 Å². The summed E-state index contributed by atoms with van der Waals surface area (Å²) in [5, 5.41) is 9.74. The molecule has 1 aliphatic rings. The Morgan fingerprint density at radius 3 is 2.88 bits per heavy atom. The van der Waals surface area contributed by atoms with Crippen LogP contribution >= 0.6 is 24.0 Å². The molecule has 1 N–H and O–H groups in total. The molecule has 1 aliphatic heterocycles. The third kappa shape index (κ3) is 4.96. The molecule has 25 heavy (non-hydrogen) atoms. The number of hydrogen-bond acceptors (Lipinski definition) is 7. The molecule has 0 aromatic heterocycles. The summed E-state index contributed by atoms with van der Waals surface area (Å²) in [5.74, 6) is -0.0846. The van der Waals surface area contributed by atoms with Gasteiger partial charge in [0, 0.05) is 13.0 Å². The lowest BCUT2D eigenvalue weighted by Crippen LogP contribution is -2.29. The highest BCUT2D eigenvalue weighted by Crippen LogP contribution is 2.34. The zero-order valence-corrected chi connectivity index (χ0v) is 15.6. The Morgan fingerprint density at radius 2 is 2.20 bits per heavy atom. The number of carbonyl (C=O) groups excluding carboxylic acids is 2. The fraction of sp³-hybridized carbons (Fsp3) is 0.353. The number of ether oxygens (including phenoxy) is 2. The Morgan fingerprint density at radius 1 is 1.44 bits per heavy atom. The van der Waals surface area contributed by atoms with Crippen molar-refractivity contribution in [3.63, 3.8) is 0 Å². The van der Waals surface area contributed by atoms with Crippen LogP contribution in [0.25, 0.3) is 6.08 Å². The van der Waals surface area contributed by atoms with Crippen LogP contribution in [0.3, 0.4) is 0 Å². The van der Waals surface area contributed by atoms with Gasteiger partial charge in [0.15, 0.2) is 11.5 Å². The van der Waals surface area contributed by atoms with Gasteiger partial charge in [-0.1, -0.05) is 30.0 Å². The molecule has 0 unspecified atom stereocenters. The molecule has 1 aromatic carbocycles. The van der Waals surface area contributed by atoms with Crippen LogP contribution in [0.4, 0.5) is 0 Å². The van der Waals surface area contributed by atoms with Crippen molar-refractivity contribution < 1.29 is 24.2 Å². The zero-order valence-electron chi connectivity index (χ0n) is 14.0. The Bertz CT molecular complexity index is 717. The van der Waals surface area contributed by atoms with Crippen LogP contribution in [-0.4, -0.2) is 46.5 Å². The summed E-state index contributed by atoms with van der Waals surface area (Å²) in [7, 11) is 1.33. The summed E-state index contributed by atoms with van der Waals surface area (Å²) in [4.78, 5) is 25.6. The number of carbonyl (C=O) groups is 2. The molecule has 1 amide bonds. The van der Waals surface area contributed by atoms with E-state index in [1.54, 1.807) is 18.2 Å². The van der Waals surface area contributed by atoms with Gasteiger partial charge in [-0.25, -0.2) is 0 Å². The van der Waals surface area contributed by atoms with Gasteiger partial charge in [-0.05, 0) is 37.1 Å². The van der Waals surface area contributed by atoms with Gasteiger partial charge in [0.2, 0.25) is 0 Å². The molecule has 1 aromatic rings. The van der Waals surface area contributed by atoms with Gasteiger partial charge >= 0.3 is 5.97 Å². The number of esters is 1. The quantitative estimate of drug-likeness (QED) is 0.442. The molecular formula is C17H19NO5S2. The van der Waals surface area contributed by atoms with E-state index < -0.39 is 0 Å². The molecule has 0 saturated carbocycles. The first kappa shape index (κ1) is 19.3.